The predicted molar refractivity (Wildman–Crippen MR) is 188 cm³/mol. The standard InChI is InChI=1S/C20H42.C20H36/c2*1-17(2)11-8-12-18(3)13-9-14-19(4)15-10-16-20(5,6)7/h17-19H,8-16H2,1-7H3;11,13,15H,8-10,12,14,16H2,1-7H3/b;18-13+,19-15+/t18-,19-;/m1./s1. The van der Waals surface area contributed by atoms with Crippen molar-refractivity contribution in [2.45, 2.75) is 193 Å². The molecule has 2 atom stereocenters. The predicted octanol–water partition coefficient (Wildman–Crippen LogP) is 14.7. The molecular weight excluding hydrogens is 480 g/mol. The maximum Gasteiger partial charge on any atom is -0.0288 e. The minimum atomic E-state index is 0.457. The van der Waals surface area contributed by atoms with Crippen molar-refractivity contribution in [2.75, 3.05) is 0 Å². The molecule has 238 valence electrons. The molecule has 40 heavy (non-hydrogen) atoms. The highest BCUT2D eigenvalue weighted by atomic mass is 14.2. The zero-order valence-corrected chi connectivity index (χ0v) is 30.6. The molecule has 0 nitrogen and oxygen atoms in total. The Labute approximate surface area is 256 Å². The molecule has 0 aromatic carbocycles. The molecule has 0 bridgehead atoms. The third-order valence-corrected chi connectivity index (χ3v) is 8.01. The molecule has 0 fully saturated rings. The lowest BCUT2D eigenvalue weighted by molar-refractivity contribution is 0.331. The number of allylic oxidation sites excluding steroid dienone is 6. The molecule has 0 spiro atoms. The molecule has 0 aromatic heterocycles. The first-order valence-electron chi connectivity index (χ1n) is 17.4. The van der Waals surface area contributed by atoms with Gasteiger partial charge in [0.05, 0.1) is 0 Å². The SMILES string of the molecule is CC(C)=CCC/C(C)=C/CC/C(C)=C/CCC(C)(C)C.CC(C)CCC[C@@H](C)CCC[C@@H](C)CCCC(C)(C)C. The van der Waals surface area contributed by atoms with Gasteiger partial charge in [0, 0.05) is 0 Å². The fraction of sp³-hybridized carbons (Fsp3) is 0.850. The van der Waals surface area contributed by atoms with Gasteiger partial charge in [0.25, 0.3) is 0 Å². The third-order valence-electron chi connectivity index (χ3n) is 8.01. The van der Waals surface area contributed by atoms with Crippen molar-refractivity contribution in [3.05, 3.63) is 34.9 Å². The molecule has 0 N–H and O–H groups in total. The maximum atomic E-state index is 2.45. The van der Waals surface area contributed by atoms with Gasteiger partial charge in [0.1, 0.15) is 0 Å². The normalized spacial score (nSPS) is 14.6. The first kappa shape index (κ1) is 41.4. The van der Waals surface area contributed by atoms with Gasteiger partial charge in [-0.2, -0.15) is 0 Å². The van der Waals surface area contributed by atoms with Crippen molar-refractivity contribution >= 4 is 0 Å². The summed E-state index contributed by atoms with van der Waals surface area (Å²) in [7, 11) is 0. The highest BCUT2D eigenvalue weighted by Crippen LogP contribution is 2.26. The van der Waals surface area contributed by atoms with E-state index < -0.39 is 0 Å². The van der Waals surface area contributed by atoms with E-state index in [9.17, 15) is 0 Å². The van der Waals surface area contributed by atoms with Crippen LogP contribution in [0.1, 0.15) is 193 Å². The molecule has 0 unspecified atom stereocenters. The van der Waals surface area contributed by atoms with Gasteiger partial charge < -0.3 is 0 Å². The van der Waals surface area contributed by atoms with Crippen LogP contribution in [0.4, 0.5) is 0 Å². The monoisotopic (exact) mass is 559 g/mol. The molecule has 0 aliphatic carbocycles. The van der Waals surface area contributed by atoms with E-state index in [1.165, 1.54) is 107 Å². The second-order valence-electron chi connectivity index (χ2n) is 16.5. The van der Waals surface area contributed by atoms with Crippen LogP contribution in [0.5, 0.6) is 0 Å². The lowest BCUT2D eigenvalue weighted by Crippen LogP contribution is -2.06. The number of rotatable bonds is 19. The van der Waals surface area contributed by atoms with Gasteiger partial charge in [0.2, 0.25) is 0 Å². The van der Waals surface area contributed by atoms with Crippen LogP contribution in [-0.2, 0) is 0 Å². The zero-order valence-electron chi connectivity index (χ0n) is 30.6. The smallest absolute Gasteiger partial charge is 0.0288 e. The molecule has 0 heterocycles. The second-order valence-corrected chi connectivity index (χ2v) is 16.5. The summed E-state index contributed by atoms with van der Waals surface area (Å²) in [6, 6.07) is 0. The summed E-state index contributed by atoms with van der Waals surface area (Å²) in [5.74, 6) is 2.75. The van der Waals surface area contributed by atoms with Crippen molar-refractivity contribution in [3.63, 3.8) is 0 Å². The Morgan fingerprint density at radius 2 is 0.900 bits per heavy atom. The molecule has 0 saturated carbocycles. The van der Waals surface area contributed by atoms with Gasteiger partial charge in [-0.25, -0.2) is 0 Å². The Bertz CT molecular complexity index is 666. The molecule has 0 rings (SSSR count). The van der Waals surface area contributed by atoms with Gasteiger partial charge >= 0.3 is 0 Å². The fourth-order valence-electron chi connectivity index (χ4n) is 5.05. The van der Waals surface area contributed by atoms with Crippen LogP contribution in [0.15, 0.2) is 34.9 Å². The fourth-order valence-corrected chi connectivity index (χ4v) is 5.05. The number of hydrogen-bond acceptors (Lipinski definition) is 0. The summed E-state index contributed by atoms with van der Waals surface area (Å²) >= 11 is 0. The quantitative estimate of drug-likeness (QED) is 0.138. The van der Waals surface area contributed by atoms with Crippen molar-refractivity contribution < 1.29 is 0 Å². The molecule has 0 aromatic rings. The lowest BCUT2D eigenvalue weighted by Gasteiger charge is -2.19. The Hall–Kier alpha value is -0.780. The van der Waals surface area contributed by atoms with E-state index >= 15 is 0 Å². The summed E-state index contributed by atoms with van der Waals surface area (Å²) < 4.78 is 0. The van der Waals surface area contributed by atoms with Crippen molar-refractivity contribution in [2.24, 2.45) is 28.6 Å². The first-order chi connectivity index (χ1) is 18.4. The Morgan fingerprint density at radius 3 is 1.32 bits per heavy atom. The lowest BCUT2D eigenvalue weighted by atomic mass is 9.87. The van der Waals surface area contributed by atoms with E-state index in [2.05, 4.69) is 115 Å². The Balaban J connectivity index is 0. The second kappa shape index (κ2) is 23.7. The molecule has 0 amide bonds. The average molecular weight is 559 g/mol. The van der Waals surface area contributed by atoms with E-state index in [-0.39, 0.29) is 0 Å². The van der Waals surface area contributed by atoms with Crippen molar-refractivity contribution in [1.29, 1.82) is 0 Å². The van der Waals surface area contributed by atoms with Crippen LogP contribution in [0, 0.1) is 28.6 Å². The van der Waals surface area contributed by atoms with Gasteiger partial charge in [-0.1, -0.05) is 156 Å². The summed E-state index contributed by atoms with van der Waals surface area (Å²) in [6.45, 7) is 32.5. The average Bonchev–Trinajstić information content (AvgIpc) is 2.77. The topological polar surface area (TPSA) is 0 Å². The molecular formula is C40H78. The highest BCUT2D eigenvalue weighted by Gasteiger charge is 2.11. The van der Waals surface area contributed by atoms with Crippen molar-refractivity contribution in [1.82, 2.24) is 0 Å². The minimum Gasteiger partial charge on any atom is -0.0856 e. The van der Waals surface area contributed by atoms with Crippen LogP contribution in [0.3, 0.4) is 0 Å². The van der Waals surface area contributed by atoms with Gasteiger partial charge in [0.15, 0.2) is 0 Å². The molecule has 0 heteroatoms. The van der Waals surface area contributed by atoms with E-state index in [0.717, 1.165) is 17.8 Å². The Kier molecular flexibility index (Phi) is 24.6. The summed E-state index contributed by atoms with van der Waals surface area (Å²) in [5.41, 5.74) is 5.48. The third kappa shape index (κ3) is 35.2. The first-order valence-corrected chi connectivity index (χ1v) is 17.4. The van der Waals surface area contributed by atoms with E-state index in [4.69, 9.17) is 0 Å². The Morgan fingerprint density at radius 1 is 0.500 bits per heavy atom. The van der Waals surface area contributed by atoms with E-state index in [1.807, 2.05) is 0 Å². The van der Waals surface area contributed by atoms with E-state index in [1.54, 1.807) is 5.57 Å². The summed E-state index contributed by atoms with van der Waals surface area (Å²) in [5, 5.41) is 0. The van der Waals surface area contributed by atoms with Gasteiger partial charge in [-0.3, -0.25) is 0 Å². The largest absolute Gasteiger partial charge is 0.0856 e. The maximum absolute atomic E-state index is 2.45. The molecule has 0 saturated heterocycles. The highest BCUT2D eigenvalue weighted by molar-refractivity contribution is 5.05. The van der Waals surface area contributed by atoms with Gasteiger partial charge in [-0.15, -0.1) is 0 Å². The summed E-state index contributed by atoms with van der Waals surface area (Å²) in [4.78, 5) is 0. The van der Waals surface area contributed by atoms with E-state index in [0.29, 0.717) is 10.8 Å². The molecule has 0 aliphatic rings. The van der Waals surface area contributed by atoms with Crippen molar-refractivity contribution in [3.8, 4) is 0 Å². The van der Waals surface area contributed by atoms with Gasteiger partial charge in [-0.05, 0) is 101 Å². The van der Waals surface area contributed by atoms with Crippen LogP contribution in [-0.4, -0.2) is 0 Å². The zero-order chi connectivity index (χ0) is 31.2. The van der Waals surface area contributed by atoms with Crippen LogP contribution >= 0.6 is 0 Å². The number of hydrogen-bond donors (Lipinski definition) is 0. The van der Waals surface area contributed by atoms with Crippen LogP contribution in [0.25, 0.3) is 0 Å². The molecule has 0 aliphatic heterocycles. The molecule has 0 radical (unpaired) electrons. The van der Waals surface area contributed by atoms with Crippen LogP contribution < -0.4 is 0 Å². The summed E-state index contributed by atoms with van der Waals surface area (Å²) in [6.07, 6.45) is 27.3. The minimum absolute atomic E-state index is 0.457. The van der Waals surface area contributed by atoms with Crippen LogP contribution in [0.2, 0.25) is 0 Å².